The van der Waals surface area contributed by atoms with Crippen molar-refractivity contribution in [3.05, 3.63) is 51.5 Å². The number of nitrogens with zero attached hydrogens (tertiary/aromatic N) is 1. The average molecular weight is 415 g/mol. The van der Waals surface area contributed by atoms with Crippen molar-refractivity contribution in [3.63, 3.8) is 0 Å². The molecule has 0 fully saturated rings. The maximum absolute atomic E-state index is 12.5. The first kappa shape index (κ1) is 18.5. The molecule has 4 N–H and O–H groups in total. The van der Waals surface area contributed by atoms with Crippen molar-refractivity contribution in [2.75, 3.05) is 11.9 Å². The fourth-order valence-electron chi connectivity index (χ4n) is 3.05. The van der Waals surface area contributed by atoms with E-state index in [1.807, 2.05) is 35.0 Å². The number of carbonyl (C=O) groups excluding carboxylic acids is 2. The first-order valence-electron chi connectivity index (χ1n) is 8.69. The molecule has 28 heavy (non-hydrogen) atoms. The topological polar surface area (TPSA) is 106 Å². The smallest absolute Gasteiger partial charge is 0.312 e. The summed E-state index contributed by atoms with van der Waals surface area (Å²) < 4.78 is 5.53. The Hall–Kier alpha value is -2.91. The number of hydrogen-bond acceptors (Lipinski definition) is 6. The number of hydrogen-bond donors (Lipinski definition) is 3. The maximum Gasteiger partial charge on any atom is 0.312 e. The van der Waals surface area contributed by atoms with E-state index in [2.05, 4.69) is 21.7 Å². The standard InChI is InChI=1S/C19H18N4O3S2/c20-18(25)21-13(16-2-1-7-27-16)9-17(24)23-19-22-14(10-28-19)11-3-4-15-12(8-11)5-6-26-15/h1-4,7-8,10,13H,5-6,9H2,(H3,20,21,25)(H,22,23,24). The summed E-state index contributed by atoms with van der Waals surface area (Å²) in [4.78, 5) is 29.1. The molecule has 4 rings (SSSR count). The molecule has 0 aliphatic carbocycles. The van der Waals surface area contributed by atoms with Crippen molar-refractivity contribution in [1.82, 2.24) is 10.3 Å². The summed E-state index contributed by atoms with van der Waals surface area (Å²) in [5, 5.41) is 9.73. The Morgan fingerprint density at radius 2 is 2.18 bits per heavy atom. The van der Waals surface area contributed by atoms with Gasteiger partial charge in [-0.15, -0.1) is 22.7 Å². The van der Waals surface area contributed by atoms with Gasteiger partial charge in [0.05, 0.1) is 24.8 Å². The summed E-state index contributed by atoms with van der Waals surface area (Å²) in [6, 6.07) is 8.59. The molecule has 1 aliphatic rings. The predicted molar refractivity (Wildman–Crippen MR) is 110 cm³/mol. The van der Waals surface area contributed by atoms with Gasteiger partial charge in [-0.05, 0) is 35.2 Å². The lowest BCUT2D eigenvalue weighted by atomic mass is 10.1. The van der Waals surface area contributed by atoms with Gasteiger partial charge in [0.1, 0.15) is 5.75 Å². The number of nitrogens with two attached hydrogens (primary N) is 1. The fourth-order valence-corrected chi connectivity index (χ4v) is 4.56. The SMILES string of the molecule is NC(=O)NC(CC(=O)Nc1nc(-c2ccc3c(c2)CCO3)cs1)c1cccs1. The Labute approximate surface area is 169 Å². The number of rotatable bonds is 6. The number of carbonyl (C=O) groups is 2. The van der Waals surface area contributed by atoms with Gasteiger partial charge in [0.15, 0.2) is 5.13 Å². The number of fused-ring (bicyclic) bond motifs is 1. The third-order valence-corrected chi connectivity index (χ3v) is 6.07. The van der Waals surface area contributed by atoms with Crippen LogP contribution in [0.1, 0.15) is 22.9 Å². The molecule has 9 heteroatoms. The molecule has 1 aromatic carbocycles. The van der Waals surface area contributed by atoms with Gasteiger partial charge in [0, 0.05) is 22.2 Å². The molecule has 2 aromatic heterocycles. The fraction of sp³-hybridized carbons (Fsp3) is 0.211. The summed E-state index contributed by atoms with van der Waals surface area (Å²) in [6.07, 6.45) is 0.975. The molecule has 0 saturated heterocycles. The molecule has 0 radical (unpaired) electrons. The number of ether oxygens (including phenoxy) is 1. The second kappa shape index (κ2) is 7.99. The number of nitrogens with one attached hydrogen (secondary N) is 2. The van der Waals surface area contributed by atoms with Gasteiger partial charge in [-0.3, -0.25) is 4.79 Å². The van der Waals surface area contributed by atoms with E-state index in [1.165, 1.54) is 28.2 Å². The van der Waals surface area contributed by atoms with Gasteiger partial charge in [0.25, 0.3) is 0 Å². The number of urea groups is 1. The number of thiazole rings is 1. The monoisotopic (exact) mass is 414 g/mol. The van der Waals surface area contributed by atoms with Crippen molar-refractivity contribution in [2.45, 2.75) is 18.9 Å². The van der Waals surface area contributed by atoms with E-state index in [-0.39, 0.29) is 12.3 Å². The van der Waals surface area contributed by atoms with Gasteiger partial charge in [-0.25, -0.2) is 9.78 Å². The highest BCUT2D eigenvalue weighted by atomic mass is 32.1. The second-order valence-corrected chi connectivity index (χ2v) is 8.13. The van der Waals surface area contributed by atoms with Crippen LogP contribution in [0.3, 0.4) is 0 Å². The highest BCUT2D eigenvalue weighted by Gasteiger charge is 2.20. The van der Waals surface area contributed by atoms with Crippen LogP contribution < -0.4 is 21.1 Å². The Morgan fingerprint density at radius 1 is 1.29 bits per heavy atom. The van der Waals surface area contributed by atoms with E-state index in [0.717, 1.165) is 28.3 Å². The summed E-state index contributed by atoms with van der Waals surface area (Å²) in [5.41, 5.74) is 8.21. The summed E-state index contributed by atoms with van der Waals surface area (Å²) in [5.74, 6) is 0.685. The third-order valence-electron chi connectivity index (χ3n) is 4.33. The molecule has 7 nitrogen and oxygen atoms in total. The highest BCUT2D eigenvalue weighted by Crippen LogP contribution is 2.32. The lowest BCUT2D eigenvalue weighted by Gasteiger charge is -2.15. The lowest BCUT2D eigenvalue weighted by molar-refractivity contribution is -0.116. The summed E-state index contributed by atoms with van der Waals surface area (Å²) >= 11 is 2.82. The molecule has 0 saturated carbocycles. The Morgan fingerprint density at radius 3 is 2.96 bits per heavy atom. The first-order chi connectivity index (χ1) is 13.6. The third kappa shape index (κ3) is 4.15. The first-order valence-corrected chi connectivity index (χ1v) is 10.5. The molecule has 1 aliphatic heterocycles. The molecule has 1 unspecified atom stereocenters. The van der Waals surface area contributed by atoms with Crippen LogP contribution in [-0.2, 0) is 11.2 Å². The highest BCUT2D eigenvalue weighted by molar-refractivity contribution is 7.14. The lowest BCUT2D eigenvalue weighted by Crippen LogP contribution is -2.34. The zero-order valence-electron chi connectivity index (χ0n) is 14.8. The van der Waals surface area contributed by atoms with Crippen molar-refractivity contribution in [2.24, 2.45) is 5.73 Å². The van der Waals surface area contributed by atoms with Gasteiger partial charge in [-0.2, -0.15) is 0 Å². The number of primary amides is 1. The summed E-state index contributed by atoms with van der Waals surface area (Å²) in [6.45, 7) is 0.710. The Balaban J connectivity index is 1.43. The van der Waals surface area contributed by atoms with E-state index >= 15 is 0 Å². The van der Waals surface area contributed by atoms with E-state index in [9.17, 15) is 9.59 Å². The molecule has 1 atom stereocenters. The number of amides is 3. The van der Waals surface area contributed by atoms with E-state index in [1.54, 1.807) is 0 Å². The molecular weight excluding hydrogens is 396 g/mol. The molecule has 144 valence electrons. The largest absolute Gasteiger partial charge is 0.493 e. The van der Waals surface area contributed by atoms with Crippen LogP contribution in [0.25, 0.3) is 11.3 Å². The predicted octanol–water partition coefficient (Wildman–Crippen LogP) is 3.54. The van der Waals surface area contributed by atoms with Crippen molar-refractivity contribution < 1.29 is 14.3 Å². The minimum absolute atomic E-state index is 0.0779. The molecule has 3 amide bonds. The Kier molecular flexibility index (Phi) is 5.27. The van der Waals surface area contributed by atoms with E-state index in [0.29, 0.717) is 11.7 Å². The number of benzene rings is 1. The zero-order valence-corrected chi connectivity index (χ0v) is 16.4. The number of anilines is 1. The minimum atomic E-state index is -0.664. The van der Waals surface area contributed by atoms with Crippen molar-refractivity contribution in [3.8, 4) is 17.0 Å². The summed E-state index contributed by atoms with van der Waals surface area (Å²) in [7, 11) is 0. The molecular formula is C19H18N4O3S2. The number of aromatic nitrogens is 1. The van der Waals surface area contributed by atoms with Crippen LogP contribution >= 0.6 is 22.7 Å². The van der Waals surface area contributed by atoms with Crippen LogP contribution in [0.15, 0.2) is 41.1 Å². The molecule has 3 heterocycles. The minimum Gasteiger partial charge on any atom is -0.493 e. The van der Waals surface area contributed by atoms with Crippen LogP contribution in [0.5, 0.6) is 5.75 Å². The molecule has 0 bridgehead atoms. The van der Waals surface area contributed by atoms with Gasteiger partial charge in [-0.1, -0.05) is 6.07 Å². The van der Waals surface area contributed by atoms with Gasteiger partial charge in [0.2, 0.25) is 5.91 Å². The molecule has 0 spiro atoms. The van der Waals surface area contributed by atoms with Crippen LogP contribution in [0.4, 0.5) is 9.93 Å². The molecule has 3 aromatic rings. The van der Waals surface area contributed by atoms with Crippen LogP contribution in [0, 0.1) is 0 Å². The second-order valence-electron chi connectivity index (χ2n) is 6.29. The van der Waals surface area contributed by atoms with Crippen molar-refractivity contribution >= 4 is 39.7 Å². The average Bonchev–Trinajstić information content (AvgIpc) is 3.41. The maximum atomic E-state index is 12.5. The zero-order chi connectivity index (χ0) is 19.5. The quantitative estimate of drug-likeness (QED) is 0.573. The van der Waals surface area contributed by atoms with Gasteiger partial charge < -0.3 is 21.1 Å². The Bertz CT molecular complexity index is 1000. The number of thiophene rings is 1. The van der Waals surface area contributed by atoms with Crippen LogP contribution in [-0.4, -0.2) is 23.5 Å². The van der Waals surface area contributed by atoms with E-state index in [4.69, 9.17) is 10.5 Å². The van der Waals surface area contributed by atoms with Crippen LogP contribution in [0.2, 0.25) is 0 Å². The van der Waals surface area contributed by atoms with Gasteiger partial charge >= 0.3 is 6.03 Å². The van der Waals surface area contributed by atoms with E-state index < -0.39 is 12.1 Å². The van der Waals surface area contributed by atoms with Crippen molar-refractivity contribution in [1.29, 1.82) is 0 Å². The normalized spacial score (nSPS) is 13.4.